The largest absolute Gasteiger partial charge is 0.398 e. The van der Waals surface area contributed by atoms with Crippen LogP contribution in [0.25, 0.3) is 0 Å². The molecule has 0 bridgehead atoms. The molecule has 5 N–H and O–H groups in total. The van der Waals surface area contributed by atoms with Crippen molar-refractivity contribution in [2.75, 3.05) is 5.73 Å². The second kappa shape index (κ2) is 5.99. The molecule has 2 rings (SSSR count). The van der Waals surface area contributed by atoms with Crippen molar-refractivity contribution in [3.63, 3.8) is 0 Å². The number of nitrogen functional groups attached to an aromatic ring is 2. The Kier molecular flexibility index (Phi) is 4.66. The minimum atomic E-state index is -3.71. The molecule has 5 nitrogen and oxygen atoms in total. The van der Waals surface area contributed by atoms with Gasteiger partial charge in [0.25, 0.3) is 0 Å². The minimum absolute atomic E-state index is 0.125. The number of hydrogen-bond donors (Lipinski definition) is 4. The van der Waals surface area contributed by atoms with Crippen molar-refractivity contribution >= 4 is 61.3 Å². The third kappa shape index (κ3) is 3.10. The summed E-state index contributed by atoms with van der Waals surface area (Å²) in [6.07, 6.45) is 0. The van der Waals surface area contributed by atoms with Gasteiger partial charge in [-0.2, -0.15) is 12.6 Å². The quantitative estimate of drug-likeness (QED) is 0.271. The van der Waals surface area contributed by atoms with E-state index in [1.807, 2.05) is 0 Å². The molecule has 0 saturated heterocycles. The second-order valence-corrected chi connectivity index (χ2v) is 8.38. The number of hydrogen-bond acceptors (Lipinski definition) is 6. The Morgan fingerprint density at radius 2 is 2.05 bits per heavy atom. The minimum Gasteiger partial charge on any atom is -0.398 e. The number of thiol groups is 1. The maximum Gasteiger partial charge on any atom is 0.207 e. The molecule has 0 fully saturated rings. The summed E-state index contributed by atoms with van der Waals surface area (Å²) in [6, 6.07) is 5.84. The van der Waals surface area contributed by atoms with Gasteiger partial charge in [-0.3, -0.25) is 5.41 Å². The first-order chi connectivity index (χ1) is 9.77. The van der Waals surface area contributed by atoms with Crippen LogP contribution in [0, 0.1) is 5.41 Å². The van der Waals surface area contributed by atoms with Crippen LogP contribution in [0.4, 0.5) is 5.69 Å². The second-order valence-electron chi connectivity index (χ2n) is 4.16. The smallest absolute Gasteiger partial charge is 0.207 e. The molecular formula is C12H12BrN3O2S3. The molecule has 112 valence electrons. The molecule has 9 heteroatoms. The Morgan fingerprint density at radius 3 is 2.57 bits per heavy atom. The molecule has 0 amide bonds. The fourth-order valence-electron chi connectivity index (χ4n) is 1.68. The summed E-state index contributed by atoms with van der Waals surface area (Å²) in [5.41, 5.74) is 11.6. The van der Waals surface area contributed by atoms with Gasteiger partial charge in [0.15, 0.2) is 0 Å². The van der Waals surface area contributed by atoms with Crippen LogP contribution < -0.4 is 11.5 Å². The maximum absolute atomic E-state index is 12.7. The molecule has 0 saturated carbocycles. The van der Waals surface area contributed by atoms with Crippen LogP contribution >= 0.6 is 39.9 Å². The third-order valence-corrected chi connectivity index (χ3v) is 7.08. The number of amidine groups is 1. The summed E-state index contributed by atoms with van der Waals surface area (Å²) in [5, 5.41) is 7.44. The number of nitrogens with one attached hydrogen (secondary N) is 1. The van der Waals surface area contributed by atoms with Gasteiger partial charge in [0, 0.05) is 20.8 Å². The number of rotatable bonds is 4. The lowest BCUT2D eigenvalue weighted by Gasteiger charge is -2.06. The predicted molar refractivity (Wildman–Crippen MR) is 92.0 cm³/mol. The standard InChI is InChI=1S/C12H12BrN3O2S3/c13-7-3-6(1-2-8(7)14)21(17,18)11-4-9(12(15)16)20-10(11)5-19/h1-4,19H,5,14H2,(H3,15,16). The zero-order valence-corrected chi connectivity index (χ0v) is 14.7. The monoisotopic (exact) mass is 405 g/mol. The molecule has 21 heavy (non-hydrogen) atoms. The fraction of sp³-hybridized carbons (Fsp3) is 0.0833. The number of sulfone groups is 1. The number of nitrogens with two attached hydrogens (primary N) is 2. The van der Waals surface area contributed by atoms with Crippen molar-refractivity contribution in [3.05, 3.63) is 38.5 Å². The van der Waals surface area contributed by atoms with Gasteiger partial charge in [-0.05, 0) is 40.2 Å². The highest BCUT2D eigenvalue weighted by Gasteiger charge is 2.24. The van der Waals surface area contributed by atoms with E-state index in [1.165, 1.54) is 24.3 Å². The van der Waals surface area contributed by atoms with E-state index in [0.717, 1.165) is 11.3 Å². The van der Waals surface area contributed by atoms with Gasteiger partial charge in [-0.25, -0.2) is 8.42 Å². The molecule has 1 heterocycles. The summed E-state index contributed by atoms with van der Waals surface area (Å²) in [6.45, 7) is 0. The number of thiophene rings is 1. The molecule has 0 unspecified atom stereocenters. The average Bonchev–Trinajstić information content (AvgIpc) is 2.86. The average molecular weight is 406 g/mol. The lowest BCUT2D eigenvalue weighted by Crippen LogP contribution is -2.09. The van der Waals surface area contributed by atoms with Gasteiger partial charge in [0.1, 0.15) is 5.84 Å². The van der Waals surface area contributed by atoms with Gasteiger partial charge in [0.05, 0.1) is 14.7 Å². The fourth-order valence-corrected chi connectivity index (χ4v) is 5.41. The highest BCUT2D eigenvalue weighted by Crippen LogP contribution is 2.33. The van der Waals surface area contributed by atoms with Gasteiger partial charge in [-0.1, -0.05) is 0 Å². The maximum atomic E-state index is 12.7. The van der Waals surface area contributed by atoms with E-state index < -0.39 is 9.84 Å². The van der Waals surface area contributed by atoms with Crippen LogP contribution in [0.2, 0.25) is 0 Å². The Morgan fingerprint density at radius 1 is 1.38 bits per heavy atom. The first kappa shape index (κ1) is 16.3. The molecular weight excluding hydrogens is 394 g/mol. The predicted octanol–water partition coefficient (Wildman–Crippen LogP) is 2.64. The Labute approximate surface area is 140 Å². The van der Waals surface area contributed by atoms with Crippen molar-refractivity contribution in [3.8, 4) is 0 Å². The number of halogens is 1. The summed E-state index contributed by atoms with van der Waals surface area (Å²) in [5.74, 6) is 0.0887. The molecule has 0 aliphatic carbocycles. The lowest BCUT2D eigenvalue weighted by atomic mass is 10.3. The van der Waals surface area contributed by atoms with E-state index in [2.05, 4.69) is 28.6 Å². The van der Waals surface area contributed by atoms with E-state index in [4.69, 9.17) is 16.9 Å². The molecule has 0 spiro atoms. The lowest BCUT2D eigenvalue weighted by molar-refractivity contribution is 0.596. The van der Waals surface area contributed by atoms with E-state index in [1.54, 1.807) is 0 Å². The number of anilines is 1. The van der Waals surface area contributed by atoms with Crippen molar-refractivity contribution in [2.45, 2.75) is 15.5 Å². The molecule has 0 aliphatic heterocycles. The Hall–Kier alpha value is -1.03. The van der Waals surface area contributed by atoms with Gasteiger partial charge < -0.3 is 11.5 Å². The summed E-state index contributed by atoms with van der Waals surface area (Å²) < 4.78 is 25.9. The van der Waals surface area contributed by atoms with Crippen LogP contribution in [-0.4, -0.2) is 14.3 Å². The molecule has 0 aliphatic rings. The van der Waals surface area contributed by atoms with Crippen LogP contribution in [-0.2, 0) is 15.6 Å². The molecule has 2 aromatic rings. The van der Waals surface area contributed by atoms with E-state index in [9.17, 15) is 8.42 Å². The zero-order valence-electron chi connectivity index (χ0n) is 10.6. The molecule has 1 aromatic heterocycles. The van der Waals surface area contributed by atoms with Crippen LogP contribution in [0.1, 0.15) is 9.75 Å². The number of benzene rings is 1. The highest BCUT2D eigenvalue weighted by molar-refractivity contribution is 9.10. The van der Waals surface area contributed by atoms with Crippen LogP contribution in [0.15, 0.2) is 38.5 Å². The van der Waals surface area contributed by atoms with Crippen LogP contribution in [0.5, 0.6) is 0 Å². The van der Waals surface area contributed by atoms with Crippen LogP contribution in [0.3, 0.4) is 0 Å². The molecule has 0 atom stereocenters. The first-order valence-corrected chi connectivity index (χ1v) is 9.38. The topological polar surface area (TPSA) is 110 Å². The third-order valence-electron chi connectivity index (χ3n) is 2.75. The summed E-state index contributed by atoms with van der Waals surface area (Å²) in [4.78, 5) is 1.22. The Balaban J connectivity index is 2.63. The van der Waals surface area contributed by atoms with Gasteiger partial charge >= 0.3 is 0 Å². The highest BCUT2D eigenvalue weighted by atomic mass is 79.9. The zero-order chi connectivity index (χ0) is 15.8. The van der Waals surface area contributed by atoms with Crippen molar-refractivity contribution in [2.24, 2.45) is 5.73 Å². The molecule has 0 radical (unpaired) electrons. The Bertz CT molecular complexity index is 815. The molecule has 1 aromatic carbocycles. The van der Waals surface area contributed by atoms with Crippen molar-refractivity contribution in [1.82, 2.24) is 0 Å². The normalized spacial score (nSPS) is 11.5. The van der Waals surface area contributed by atoms with E-state index >= 15 is 0 Å². The van der Waals surface area contributed by atoms with E-state index in [-0.39, 0.29) is 21.4 Å². The van der Waals surface area contributed by atoms with E-state index in [0.29, 0.717) is 19.9 Å². The summed E-state index contributed by atoms with van der Waals surface area (Å²) >= 11 is 8.52. The van der Waals surface area contributed by atoms with Crippen molar-refractivity contribution < 1.29 is 8.42 Å². The summed E-state index contributed by atoms with van der Waals surface area (Å²) in [7, 11) is -3.71. The van der Waals surface area contributed by atoms with Gasteiger partial charge in [0.2, 0.25) is 9.84 Å². The SMILES string of the molecule is N=C(N)c1cc(S(=O)(=O)c2ccc(N)c(Br)c2)c(CS)s1. The van der Waals surface area contributed by atoms with Crippen molar-refractivity contribution in [1.29, 1.82) is 5.41 Å². The first-order valence-electron chi connectivity index (χ1n) is 5.65. The van der Waals surface area contributed by atoms with Gasteiger partial charge in [-0.15, -0.1) is 11.3 Å².